The van der Waals surface area contributed by atoms with Gasteiger partial charge in [-0.25, -0.2) is 4.79 Å². The van der Waals surface area contributed by atoms with E-state index >= 15 is 0 Å². The van der Waals surface area contributed by atoms with Gasteiger partial charge >= 0.3 is 21.6 Å². The highest BCUT2D eigenvalue weighted by atomic mass is 32.2. The maximum atomic E-state index is 12.5. The summed E-state index contributed by atoms with van der Waals surface area (Å²) in [6.07, 6.45) is -2.20. The number of benzene rings is 1. The molecule has 2 N–H and O–H groups in total. The number of carbonyl (C=O) groups excluding carboxylic acids is 1. The van der Waals surface area contributed by atoms with Gasteiger partial charge in [-0.2, -0.15) is 21.6 Å². The number of nitrogens with one attached hydrogen (secondary N) is 1. The first kappa shape index (κ1) is 18.3. The summed E-state index contributed by atoms with van der Waals surface area (Å²) in [6.45, 7) is 2.60. The Morgan fingerprint density at radius 2 is 1.92 bits per heavy atom. The molecule has 1 aromatic carbocycles. The lowest BCUT2D eigenvalue weighted by Gasteiger charge is -2.24. The van der Waals surface area contributed by atoms with Gasteiger partial charge in [-0.1, -0.05) is 18.2 Å². The van der Waals surface area contributed by atoms with E-state index in [9.17, 15) is 31.5 Å². The SMILES string of the molecule is CC1(C)OC(=O)N(Cc2ccccc2NS(=O)(=O)C(F)(F)F)C1O. The minimum absolute atomic E-state index is 0.0685. The number of rotatable bonds is 4. The number of hydrogen-bond donors (Lipinski definition) is 2. The highest BCUT2D eigenvalue weighted by Crippen LogP contribution is 2.32. The van der Waals surface area contributed by atoms with E-state index in [2.05, 4.69) is 0 Å². The quantitative estimate of drug-likeness (QED) is 0.847. The number of para-hydroxylation sites is 1. The molecule has 0 aromatic heterocycles. The van der Waals surface area contributed by atoms with Crippen molar-refractivity contribution >= 4 is 21.8 Å². The van der Waals surface area contributed by atoms with Gasteiger partial charge < -0.3 is 9.84 Å². The zero-order chi connectivity index (χ0) is 18.3. The van der Waals surface area contributed by atoms with Crippen molar-refractivity contribution in [2.24, 2.45) is 0 Å². The zero-order valence-electron chi connectivity index (χ0n) is 12.7. The number of cyclic esters (lactones) is 1. The summed E-state index contributed by atoms with van der Waals surface area (Å²) in [6, 6.07) is 5.25. The van der Waals surface area contributed by atoms with E-state index in [1.807, 2.05) is 0 Å². The Hall–Kier alpha value is -2.01. The lowest BCUT2D eigenvalue weighted by Crippen LogP contribution is -2.41. The van der Waals surface area contributed by atoms with Crippen LogP contribution in [0, 0.1) is 0 Å². The van der Waals surface area contributed by atoms with Crippen LogP contribution in [0.5, 0.6) is 0 Å². The van der Waals surface area contributed by atoms with Gasteiger partial charge in [-0.05, 0) is 25.5 Å². The van der Waals surface area contributed by atoms with Crippen molar-refractivity contribution < 1.29 is 36.2 Å². The number of aliphatic hydroxyl groups excluding tert-OH is 1. The molecule has 1 aromatic rings. The molecule has 1 amide bonds. The van der Waals surface area contributed by atoms with E-state index < -0.39 is 33.5 Å². The first-order valence-electron chi connectivity index (χ1n) is 6.70. The molecule has 11 heteroatoms. The van der Waals surface area contributed by atoms with Crippen LogP contribution < -0.4 is 4.72 Å². The number of sulfonamides is 1. The van der Waals surface area contributed by atoms with Gasteiger partial charge in [0.1, 0.15) is 0 Å². The lowest BCUT2D eigenvalue weighted by atomic mass is 10.1. The molecule has 134 valence electrons. The Morgan fingerprint density at radius 3 is 2.42 bits per heavy atom. The molecular formula is C13H15F3N2O5S. The Kier molecular flexibility index (Phi) is 4.44. The predicted molar refractivity (Wildman–Crippen MR) is 77.1 cm³/mol. The highest BCUT2D eigenvalue weighted by Gasteiger charge is 2.48. The molecule has 0 aliphatic carbocycles. The molecule has 1 saturated heterocycles. The van der Waals surface area contributed by atoms with Gasteiger partial charge in [0.05, 0.1) is 12.2 Å². The minimum Gasteiger partial charge on any atom is -0.439 e. The first-order chi connectivity index (χ1) is 10.8. The van der Waals surface area contributed by atoms with Crippen LogP contribution in [0.25, 0.3) is 0 Å². The molecule has 2 rings (SSSR count). The van der Waals surface area contributed by atoms with E-state index in [4.69, 9.17) is 4.74 Å². The normalized spacial score (nSPS) is 20.8. The van der Waals surface area contributed by atoms with Gasteiger partial charge in [-0.15, -0.1) is 0 Å². The highest BCUT2D eigenvalue weighted by molar-refractivity contribution is 7.93. The topological polar surface area (TPSA) is 95.9 Å². The maximum absolute atomic E-state index is 12.5. The average molecular weight is 368 g/mol. The number of ether oxygens (including phenoxy) is 1. The molecule has 0 saturated carbocycles. The standard InChI is InChI=1S/C13H15F3N2O5S/c1-12(2)10(19)18(11(20)23-12)7-8-5-3-4-6-9(8)17-24(21,22)13(14,15)16/h3-6,10,17,19H,7H2,1-2H3. The summed E-state index contributed by atoms with van der Waals surface area (Å²) in [7, 11) is -5.60. The second-order valence-corrected chi connectivity index (χ2v) is 7.36. The molecule has 1 aliphatic rings. The van der Waals surface area contributed by atoms with Crippen LogP contribution in [-0.2, 0) is 21.3 Å². The van der Waals surface area contributed by atoms with Crippen molar-refractivity contribution in [3.63, 3.8) is 0 Å². The summed E-state index contributed by atoms with van der Waals surface area (Å²) in [4.78, 5) is 12.7. The smallest absolute Gasteiger partial charge is 0.439 e. The van der Waals surface area contributed by atoms with Crippen LogP contribution in [0.15, 0.2) is 24.3 Å². The number of halogens is 3. The minimum atomic E-state index is -5.60. The second kappa shape index (κ2) is 5.81. The van der Waals surface area contributed by atoms with Crippen LogP contribution in [0.2, 0.25) is 0 Å². The summed E-state index contributed by atoms with van der Waals surface area (Å²) in [5.41, 5.74) is -6.95. The molecule has 1 unspecified atom stereocenters. The summed E-state index contributed by atoms with van der Waals surface area (Å²) >= 11 is 0. The van der Waals surface area contributed by atoms with E-state index in [0.717, 1.165) is 11.0 Å². The molecule has 1 fully saturated rings. The van der Waals surface area contributed by atoms with Gasteiger partial charge in [0, 0.05) is 0 Å². The van der Waals surface area contributed by atoms with E-state index in [1.165, 1.54) is 36.8 Å². The number of carbonyl (C=O) groups is 1. The number of aliphatic hydroxyl groups is 1. The van der Waals surface area contributed by atoms with Gasteiger partial charge in [0.2, 0.25) is 0 Å². The van der Waals surface area contributed by atoms with E-state index in [-0.39, 0.29) is 17.8 Å². The number of anilines is 1. The van der Waals surface area contributed by atoms with Gasteiger partial charge in [-0.3, -0.25) is 9.62 Å². The molecule has 0 radical (unpaired) electrons. The molecule has 1 aliphatic heterocycles. The Bertz CT molecular complexity index is 748. The molecular weight excluding hydrogens is 353 g/mol. The molecule has 0 bridgehead atoms. The van der Waals surface area contributed by atoms with Crippen molar-refractivity contribution in [3.05, 3.63) is 29.8 Å². The lowest BCUT2D eigenvalue weighted by molar-refractivity contribution is -0.0429. The number of nitrogens with zero attached hydrogens (tertiary/aromatic N) is 1. The third-order valence-corrected chi connectivity index (χ3v) is 4.51. The second-order valence-electron chi connectivity index (χ2n) is 5.68. The third kappa shape index (κ3) is 3.41. The van der Waals surface area contributed by atoms with Crippen molar-refractivity contribution in [1.82, 2.24) is 4.90 Å². The van der Waals surface area contributed by atoms with Crippen LogP contribution in [0.1, 0.15) is 19.4 Å². The zero-order valence-corrected chi connectivity index (χ0v) is 13.5. The fourth-order valence-electron chi connectivity index (χ4n) is 2.11. The van der Waals surface area contributed by atoms with Crippen LogP contribution in [0.4, 0.5) is 23.7 Å². The predicted octanol–water partition coefficient (Wildman–Crippen LogP) is 2.00. The number of amides is 1. The summed E-state index contributed by atoms with van der Waals surface area (Å²) in [5.74, 6) is 0. The molecule has 24 heavy (non-hydrogen) atoms. The largest absolute Gasteiger partial charge is 0.516 e. The fraction of sp³-hybridized carbons (Fsp3) is 0.462. The third-order valence-electron chi connectivity index (χ3n) is 3.41. The van der Waals surface area contributed by atoms with E-state index in [1.54, 1.807) is 0 Å². The Labute approximate surface area is 136 Å². The van der Waals surface area contributed by atoms with Gasteiger partial charge in [0.25, 0.3) is 0 Å². The summed E-state index contributed by atoms with van der Waals surface area (Å²) < 4.78 is 66.4. The van der Waals surface area contributed by atoms with Crippen molar-refractivity contribution in [1.29, 1.82) is 0 Å². The average Bonchev–Trinajstić information content (AvgIpc) is 2.61. The Morgan fingerprint density at radius 1 is 1.33 bits per heavy atom. The molecule has 1 atom stereocenters. The molecule has 7 nitrogen and oxygen atoms in total. The van der Waals surface area contributed by atoms with Crippen molar-refractivity contribution in [2.45, 2.75) is 37.7 Å². The van der Waals surface area contributed by atoms with Crippen LogP contribution in [0.3, 0.4) is 0 Å². The molecule has 0 spiro atoms. The van der Waals surface area contributed by atoms with Crippen molar-refractivity contribution in [3.8, 4) is 0 Å². The van der Waals surface area contributed by atoms with Crippen LogP contribution in [-0.4, -0.2) is 41.9 Å². The van der Waals surface area contributed by atoms with Crippen LogP contribution >= 0.6 is 0 Å². The fourth-order valence-corrected chi connectivity index (χ4v) is 2.71. The Balaban J connectivity index is 2.29. The number of hydrogen-bond acceptors (Lipinski definition) is 5. The molecule has 1 heterocycles. The van der Waals surface area contributed by atoms with Crippen molar-refractivity contribution in [2.75, 3.05) is 4.72 Å². The number of alkyl halides is 3. The van der Waals surface area contributed by atoms with Gasteiger partial charge in [0.15, 0.2) is 11.8 Å². The maximum Gasteiger partial charge on any atom is 0.516 e. The summed E-state index contributed by atoms with van der Waals surface area (Å²) in [5, 5.41) is 10.1. The monoisotopic (exact) mass is 368 g/mol. The van der Waals surface area contributed by atoms with E-state index in [0.29, 0.717) is 0 Å². The first-order valence-corrected chi connectivity index (χ1v) is 8.18.